The molecule has 0 radical (unpaired) electrons. The van der Waals surface area contributed by atoms with E-state index in [0.717, 1.165) is 5.92 Å². The second kappa shape index (κ2) is 6.10. The van der Waals surface area contributed by atoms with Gasteiger partial charge in [-0.15, -0.1) is 0 Å². The molecule has 2 heteroatoms. The van der Waals surface area contributed by atoms with Crippen LogP contribution >= 0.6 is 15.9 Å². The van der Waals surface area contributed by atoms with E-state index in [-0.39, 0.29) is 0 Å². The summed E-state index contributed by atoms with van der Waals surface area (Å²) in [4.78, 5) is 0. The van der Waals surface area contributed by atoms with E-state index in [1.54, 1.807) is 0 Å². The van der Waals surface area contributed by atoms with Gasteiger partial charge in [-0.2, -0.15) is 0 Å². The van der Waals surface area contributed by atoms with E-state index >= 15 is 0 Å². The summed E-state index contributed by atoms with van der Waals surface area (Å²) in [6.07, 6.45) is 6.76. The van der Waals surface area contributed by atoms with Crippen molar-refractivity contribution < 1.29 is 0 Å². The van der Waals surface area contributed by atoms with Gasteiger partial charge in [-0.1, -0.05) is 32.3 Å². The summed E-state index contributed by atoms with van der Waals surface area (Å²) in [6, 6.07) is 5.12. The van der Waals surface area contributed by atoms with Crippen LogP contribution in [0.3, 0.4) is 0 Å². The fraction of sp³-hybridized carbons (Fsp3) is 0.625. The van der Waals surface area contributed by atoms with Gasteiger partial charge in [-0.25, -0.2) is 0 Å². The molecule has 1 aromatic carbocycles. The Kier molecular flexibility index (Phi) is 4.71. The van der Waals surface area contributed by atoms with Crippen molar-refractivity contribution in [1.29, 1.82) is 0 Å². The number of rotatable bonds is 3. The number of nitrogens with one attached hydrogen (secondary N) is 1. The third-order valence-corrected chi connectivity index (χ3v) is 4.77. The summed E-state index contributed by atoms with van der Waals surface area (Å²) in [6.45, 7) is 6.66. The Morgan fingerprint density at radius 2 is 2.06 bits per heavy atom. The Bertz CT molecular complexity index is 391. The van der Waals surface area contributed by atoms with Crippen LogP contribution in [0.2, 0.25) is 0 Å². The molecule has 1 nitrogen and oxygen atoms in total. The van der Waals surface area contributed by atoms with Gasteiger partial charge in [-0.05, 0) is 65.7 Å². The molecule has 2 rings (SSSR count). The highest BCUT2D eigenvalue weighted by Gasteiger charge is 2.21. The Morgan fingerprint density at radius 3 is 2.72 bits per heavy atom. The molecule has 2 atom stereocenters. The molecule has 0 spiro atoms. The Labute approximate surface area is 119 Å². The molecule has 0 bridgehead atoms. The SMILES string of the molecule is CCC1CCCC(Nc2c(C)cc(C)cc2Br)C1. The van der Waals surface area contributed by atoms with E-state index in [9.17, 15) is 0 Å². The molecule has 1 aliphatic carbocycles. The van der Waals surface area contributed by atoms with Gasteiger partial charge in [0.05, 0.1) is 5.69 Å². The van der Waals surface area contributed by atoms with Crippen LogP contribution in [-0.4, -0.2) is 6.04 Å². The molecule has 1 aromatic rings. The maximum atomic E-state index is 3.76. The largest absolute Gasteiger partial charge is 0.381 e. The van der Waals surface area contributed by atoms with Gasteiger partial charge < -0.3 is 5.32 Å². The number of hydrogen-bond donors (Lipinski definition) is 1. The molecule has 1 fully saturated rings. The van der Waals surface area contributed by atoms with Crippen LogP contribution in [0.15, 0.2) is 16.6 Å². The molecule has 18 heavy (non-hydrogen) atoms. The summed E-state index contributed by atoms with van der Waals surface area (Å²) >= 11 is 3.69. The first-order chi connectivity index (χ1) is 8.60. The molecule has 2 unspecified atom stereocenters. The van der Waals surface area contributed by atoms with Crippen LogP contribution < -0.4 is 5.32 Å². The third kappa shape index (κ3) is 3.28. The molecular weight excluding hydrogens is 286 g/mol. The Hall–Kier alpha value is -0.500. The molecule has 0 saturated heterocycles. The number of halogens is 1. The summed E-state index contributed by atoms with van der Waals surface area (Å²) < 4.78 is 1.21. The highest BCUT2D eigenvalue weighted by Crippen LogP contribution is 2.33. The van der Waals surface area contributed by atoms with Crippen LogP contribution in [-0.2, 0) is 0 Å². The van der Waals surface area contributed by atoms with Crippen LogP contribution in [0.25, 0.3) is 0 Å². The summed E-state index contributed by atoms with van der Waals surface area (Å²) in [5, 5.41) is 3.76. The molecule has 0 amide bonds. The predicted molar refractivity (Wildman–Crippen MR) is 83.3 cm³/mol. The lowest BCUT2D eigenvalue weighted by atomic mass is 9.84. The highest BCUT2D eigenvalue weighted by molar-refractivity contribution is 9.10. The molecule has 1 saturated carbocycles. The maximum absolute atomic E-state index is 3.76. The number of aryl methyl sites for hydroxylation is 2. The topological polar surface area (TPSA) is 12.0 Å². The molecule has 0 aromatic heterocycles. The van der Waals surface area contributed by atoms with E-state index in [4.69, 9.17) is 0 Å². The average molecular weight is 310 g/mol. The molecule has 1 aliphatic rings. The zero-order valence-corrected chi connectivity index (χ0v) is 13.3. The van der Waals surface area contributed by atoms with Gasteiger partial charge in [-0.3, -0.25) is 0 Å². The number of hydrogen-bond acceptors (Lipinski definition) is 1. The molecule has 1 N–H and O–H groups in total. The fourth-order valence-corrected chi connectivity index (χ4v) is 3.88. The highest BCUT2D eigenvalue weighted by atomic mass is 79.9. The summed E-state index contributed by atoms with van der Waals surface area (Å²) in [5.41, 5.74) is 3.96. The third-order valence-electron chi connectivity index (χ3n) is 4.14. The van der Waals surface area contributed by atoms with Crippen LogP contribution in [0.5, 0.6) is 0 Å². The van der Waals surface area contributed by atoms with Crippen molar-refractivity contribution in [1.82, 2.24) is 0 Å². The van der Waals surface area contributed by atoms with Crippen molar-refractivity contribution in [3.05, 3.63) is 27.7 Å². The number of benzene rings is 1. The van der Waals surface area contributed by atoms with Crippen LogP contribution in [0, 0.1) is 19.8 Å². The molecule has 0 aliphatic heterocycles. The number of anilines is 1. The predicted octanol–water partition coefficient (Wildman–Crippen LogP) is 5.45. The minimum atomic E-state index is 0.654. The van der Waals surface area contributed by atoms with Crippen LogP contribution in [0.4, 0.5) is 5.69 Å². The second-order valence-electron chi connectivity index (χ2n) is 5.72. The minimum Gasteiger partial charge on any atom is -0.381 e. The normalized spacial score (nSPS) is 24.0. The van der Waals surface area contributed by atoms with Gasteiger partial charge in [0.15, 0.2) is 0 Å². The lowest BCUT2D eigenvalue weighted by Gasteiger charge is -2.30. The van der Waals surface area contributed by atoms with Crippen molar-refractivity contribution >= 4 is 21.6 Å². The zero-order valence-electron chi connectivity index (χ0n) is 11.7. The quantitative estimate of drug-likeness (QED) is 0.783. The average Bonchev–Trinajstić information content (AvgIpc) is 2.34. The van der Waals surface area contributed by atoms with Crippen molar-refractivity contribution in [3.63, 3.8) is 0 Å². The van der Waals surface area contributed by atoms with E-state index in [1.807, 2.05) is 0 Å². The summed E-state index contributed by atoms with van der Waals surface area (Å²) in [7, 11) is 0. The van der Waals surface area contributed by atoms with Crippen molar-refractivity contribution in [2.75, 3.05) is 5.32 Å². The lowest BCUT2D eigenvalue weighted by molar-refractivity contribution is 0.327. The van der Waals surface area contributed by atoms with Crippen molar-refractivity contribution in [3.8, 4) is 0 Å². The van der Waals surface area contributed by atoms with E-state index in [0.29, 0.717) is 6.04 Å². The van der Waals surface area contributed by atoms with Gasteiger partial charge in [0, 0.05) is 10.5 Å². The summed E-state index contributed by atoms with van der Waals surface area (Å²) in [5.74, 6) is 0.917. The van der Waals surface area contributed by atoms with E-state index < -0.39 is 0 Å². The fourth-order valence-electron chi connectivity index (χ4n) is 3.10. The van der Waals surface area contributed by atoms with Gasteiger partial charge in [0.1, 0.15) is 0 Å². The molecule has 100 valence electrons. The first-order valence-corrected chi connectivity index (χ1v) is 7.92. The van der Waals surface area contributed by atoms with E-state index in [1.165, 1.54) is 53.4 Å². The zero-order chi connectivity index (χ0) is 13.1. The Morgan fingerprint density at radius 1 is 1.28 bits per heavy atom. The van der Waals surface area contributed by atoms with Crippen LogP contribution in [0.1, 0.15) is 50.2 Å². The van der Waals surface area contributed by atoms with Gasteiger partial charge in [0.25, 0.3) is 0 Å². The Balaban J connectivity index is 2.09. The molecular formula is C16H24BrN. The van der Waals surface area contributed by atoms with E-state index in [2.05, 4.69) is 54.2 Å². The van der Waals surface area contributed by atoms with Crippen molar-refractivity contribution in [2.24, 2.45) is 5.92 Å². The van der Waals surface area contributed by atoms with Gasteiger partial charge in [0.2, 0.25) is 0 Å². The van der Waals surface area contributed by atoms with Gasteiger partial charge >= 0.3 is 0 Å². The maximum Gasteiger partial charge on any atom is 0.0516 e. The first-order valence-electron chi connectivity index (χ1n) is 7.13. The molecule has 0 heterocycles. The smallest absolute Gasteiger partial charge is 0.0516 e. The first kappa shape index (κ1) is 13.9. The lowest BCUT2D eigenvalue weighted by Crippen LogP contribution is -2.27. The minimum absolute atomic E-state index is 0.654. The standard InChI is InChI=1S/C16H24BrN/c1-4-13-6-5-7-14(10-13)18-16-12(3)8-11(2)9-15(16)17/h8-9,13-14,18H,4-7,10H2,1-3H3. The van der Waals surface area contributed by atoms with Crippen molar-refractivity contribution in [2.45, 2.75) is 58.9 Å². The monoisotopic (exact) mass is 309 g/mol. The second-order valence-corrected chi connectivity index (χ2v) is 6.58.